The van der Waals surface area contributed by atoms with Crippen LogP contribution >= 0.6 is 0 Å². The smallest absolute Gasteiger partial charge is 0.306 e. The van der Waals surface area contributed by atoms with E-state index in [9.17, 15) is 14.4 Å². The first-order chi connectivity index (χ1) is 34.5. The van der Waals surface area contributed by atoms with Crippen LogP contribution in [0.25, 0.3) is 0 Å². The number of hydrogen-bond acceptors (Lipinski definition) is 6. The lowest BCUT2D eigenvalue weighted by atomic mass is 10.1. The SMILES string of the molecule is CC/C=C\C/C=C\C/C=C\C/C=C\C/C=C\C/C=C\CCC(=O)OC(COC(=O)CCCCCCCCCC)COC(=O)CCCCCCCCCCCC/C=C\C/C=C\C/C=C\CCCCCCC. The van der Waals surface area contributed by atoms with E-state index in [1.165, 1.54) is 122 Å². The van der Waals surface area contributed by atoms with Gasteiger partial charge < -0.3 is 14.2 Å². The van der Waals surface area contributed by atoms with E-state index in [4.69, 9.17) is 14.2 Å². The largest absolute Gasteiger partial charge is 0.462 e. The lowest BCUT2D eigenvalue weighted by Gasteiger charge is -2.18. The van der Waals surface area contributed by atoms with Gasteiger partial charge in [0, 0.05) is 19.3 Å². The Labute approximate surface area is 431 Å². The maximum atomic E-state index is 12.8. The molecule has 0 bridgehead atoms. The Morgan fingerprint density at radius 2 is 0.586 bits per heavy atom. The molecule has 0 aromatic heterocycles. The maximum Gasteiger partial charge on any atom is 0.306 e. The summed E-state index contributed by atoms with van der Waals surface area (Å²) in [4.78, 5) is 38.0. The molecule has 0 saturated heterocycles. The molecule has 0 aromatic carbocycles. The molecule has 0 N–H and O–H groups in total. The standard InChI is InChI=1S/C64H106O6/c1-4-7-10-13-16-19-21-23-25-27-29-30-31-32-33-34-36-37-39-41-43-45-48-51-54-57-63(66)69-60-61(59-68-62(65)56-53-50-47-18-15-12-9-6-3)70-64(67)58-55-52-49-46-44-42-40-38-35-28-26-24-22-20-17-14-11-8-5-2/h8,11,17,20-21,23-24,26-27,29,31-32,35,38,42,44,49,52,61H,4-7,9-10,12-16,18-19,22,25,28,30,33-34,36-37,39-41,43,45-48,50-51,53-60H2,1-3H3/b11-8-,20-17-,23-21-,26-24-,29-27-,32-31-,38-35-,44-42-,52-49-. The van der Waals surface area contributed by atoms with Crippen molar-refractivity contribution < 1.29 is 28.6 Å². The fourth-order valence-corrected chi connectivity index (χ4v) is 7.71. The summed E-state index contributed by atoms with van der Waals surface area (Å²) in [7, 11) is 0. The Kier molecular flexibility index (Phi) is 54.4. The number of hydrogen-bond donors (Lipinski definition) is 0. The Morgan fingerprint density at radius 3 is 0.929 bits per heavy atom. The van der Waals surface area contributed by atoms with Crippen molar-refractivity contribution >= 4 is 17.9 Å². The third kappa shape index (κ3) is 55.0. The Morgan fingerprint density at radius 1 is 0.300 bits per heavy atom. The van der Waals surface area contributed by atoms with Gasteiger partial charge in [-0.15, -0.1) is 0 Å². The van der Waals surface area contributed by atoms with Crippen molar-refractivity contribution in [1.82, 2.24) is 0 Å². The van der Waals surface area contributed by atoms with Crippen molar-refractivity contribution in [2.45, 2.75) is 264 Å². The second-order valence-electron chi connectivity index (χ2n) is 18.8. The molecule has 0 aromatic rings. The maximum absolute atomic E-state index is 12.8. The molecule has 0 aliphatic heterocycles. The van der Waals surface area contributed by atoms with Crippen molar-refractivity contribution in [2.24, 2.45) is 0 Å². The molecule has 1 unspecified atom stereocenters. The zero-order valence-electron chi connectivity index (χ0n) is 45.5. The van der Waals surface area contributed by atoms with Crippen molar-refractivity contribution in [1.29, 1.82) is 0 Å². The molecule has 1 atom stereocenters. The van der Waals surface area contributed by atoms with E-state index in [1.807, 2.05) is 12.2 Å². The summed E-state index contributed by atoms with van der Waals surface area (Å²) >= 11 is 0. The third-order valence-corrected chi connectivity index (χ3v) is 12.0. The first-order valence-corrected chi connectivity index (χ1v) is 28.9. The van der Waals surface area contributed by atoms with E-state index in [-0.39, 0.29) is 31.6 Å². The van der Waals surface area contributed by atoms with Gasteiger partial charge in [0.15, 0.2) is 6.10 Å². The monoisotopic (exact) mass is 971 g/mol. The molecule has 0 saturated carbocycles. The molecular weight excluding hydrogens is 865 g/mol. The van der Waals surface area contributed by atoms with Crippen molar-refractivity contribution in [2.75, 3.05) is 13.2 Å². The summed E-state index contributed by atoms with van der Waals surface area (Å²) in [6.45, 7) is 6.42. The van der Waals surface area contributed by atoms with Gasteiger partial charge in [-0.1, -0.05) is 252 Å². The second-order valence-corrected chi connectivity index (χ2v) is 18.8. The van der Waals surface area contributed by atoms with Crippen LogP contribution in [0.5, 0.6) is 0 Å². The molecule has 0 amide bonds. The molecule has 0 heterocycles. The highest BCUT2D eigenvalue weighted by atomic mass is 16.6. The Balaban J connectivity index is 4.33. The van der Waals surface area contributed by atoms with Gasteiger partial charge >= 0.3 is 17.9 Å². The number of unbranched alkanes of at least 4 members (excludes halogenated alkanes) is 22. The molecule has 6 heteroatoms. The quantitative estimate of drug-likeness (QED) is 0.0262. The number of rotatable bonds is 51. The fraction of sp³-hybridized carbons (Fsp3) is 0.672. The molecule has 0 spiro atoms. The van der Waals surface area contributed by atoms with Crippen LogP contribution in [0, 0.1) is 0 Å². The van der Waals surface area contributed by atoms with Gasteiger partial charge in [0.2, 0.25) is 0 Å². The van der Waals surface area contributed by atoms with E-state index in [2.05, 4.69) is 118 Å². The zero-order valence-corrected chi connectivity index (χ0v) is 45.5. The van der Waals surface area contributed by atoms with E-state index in [0.29, 0.717) is 19.3 Å². The Hall–Kier alpha value is -3.93. The highest BCUT2D eigenvalue weighted by molar-refractivity contribution is 5.71. The summed E-state index contributed by atoms with van der Waals surface area (Å²) in [6, 6.07) is 0. The van der Waals surface area contributed by atoms with Gasteiger partial charge in [0.1, 0.15) is 13.2 Å². The second kappa shape index (κ2) is 57.6. The molecule has 6 nitrogen and oxygen atoms in total. The molecule has 70 heavy (non-hydrogen) atoms. The van der Waals surface area contributed by atoms with Gasteiger partial charge in [-0.3, -0.25) is 14.4 Å². The van der Waals surface area contributed by atoms with Crippen LogP contribution in [0.3, 0.4) is 0 Å². The third-order valence-electron chi connectivity index (χ3n) is 12.0. The predicted molar refractivity (Wildman–Crippen MR) is 302 cm³/mol. The normalized spacial score (nSPS) is 12.9. The number of carbonyl (C=O) groups is 3. The van der Waals surface area contributed by atoms with Crippen LogP contribution in [0.15, 0.2) is 109 Å². The summed E-state index contributed by atoms with van der Waals surface area (Å²) in [5, 5.41) is 0. The molecule has 0 rings (SSSR count). The first kappa shape index (κ1) is 66.1. The molecule has 0 aliphatic rings. The minimum atomic E-state index is -0.819. The minimum Gasteiger partial charge on any atom is -0.462 e. The van der Waals surface area contributed by atoms with Crippen molar-refractivity contribution in [3.8, 4) is 0 Å². The average molecular weight is 972 g/mol. The average Bonchev–Trinajstić information content (AvgIpc) is 3.36. The van der Waals surface area contributed by atoms with Crippen LogP contribution in [-0.2, 0) is 28.6 Å². The van der Waals surface area contributed by atoms with E-state index >= 15 is 0 Å². The van der Waals surface area contributed by atoms with Crippen molar-refractivity contribution in [3.63, 3.8) is 0 Å². The van der Waals surface area contributed by atoms with Gasteiger partial charge in [-0.25, -0.2) is 0 Å². The highest BCUT2D eigenvalue weighted by Crippen LogP contribution is 2.14. The number of carbonyl (C=O) groups excluding carboxylic acids is 3. The summed E-state index contributed by atoms with van der Waals surface area (Å²) in [6.07, 6.45) is 78.2. The lowest BCUT2D eigenvalue weighted by molar-refractivity contribution is -0.166. The number of ether oxygens (including phenoxy) is 3. The fourth-order valence-electron chi connectivity index (χ4n) is 7.71. The van der Waals surface area contributed by atoms with Crippen LogP contribution < -0.4 is 0 Å². The van der Waals surface area contributed by atoms with Crippen LogP contribution in [0.1, 0.15) is 258 Å². The topological polar surface area (TPSA) is 78.9 Å². The van der Waals surface area contributed by atoms with Gasteiger partial charge in [-0.2, -0.15) is 0 Å². The molecule has 0 radical (unpaired) electrons. The first-order valence-electron chi connectivity index (χ1n) is 28.9. The summed E-state index contributed by atoms with van der Waals surface area (Å²) < 4.78 is 16.7. The van der Waals surface area contributed by atoms with E-state index < -0.39 is 12.1 Å². The van der Waals surface area contributed by atoms with Crippen LogP contribution in [0.4, 0.5) is 0 Å². The van der Waals surface area contributed by atoms with E-state index in [0.717, 1.165) is 89.9 Å². The molecule has 398 valence electrons. The molecular formula is C64H106O6. The highest BCUT2D eigenvalue weighted by Gasteiger charge is 2.19. The van der Waals surface area contributed by atoms with Crippen LogP contribution in [-0.4, -0.2) is 37.2 Å². The Bertz CT molecular complexity index is 1440. The van der Waals surface area contributed by atoms with Gasteiger partial charge in [0.05, 0.1) is 0 Å². The molecule has 0 fully saturated rings. The number of allylic oxidation sites excluding steroid dienone is 18. The van der Waals surface area contributed by atoms with Crippen molar-refractivity contribution in [3.05, 3.63) is 109 Å². The van der Waals surface area contributed by atoms with Crippen LogP contribution in [0.2, 0.25) is 0 Å². The summed E-state index contributed by atoms with van der Waals surface area (Å²) in [5.74, 6) is -1.00. The minimum absolute atomic E-state index is 0.110. The zero-order chi connectivity index (χ0) is 50.7. The lowest BCUT2D eigenvalue weighted by Crippen LogP contribution is -2.30. The molecule has 0 aliphatic carbocycles. The number of esters is 3. The van der Waals surface area contributed by atoms with E-state index in [1.54, 1.807) is 0 Å². The van der Waals surface area contributed by atoms with Gasteiger partial charge in [-0.05, 0) is 96.3 Å². The predicted octanol–water partition coefficient (Wildman–Crippen LogP) is 19.5. The summed E-state index contributed by atoms with van der Waals surface area (Å²) in [5.41, 5.74) is 0. The van der Waals surface area contributed by atoms with Gasteiger partial charge in [0.25, 0.3) is 0 Å².